The zero-order valence-electron chi connectivity index (χ0n) is 12.4. The minimum absolute atomic E-state index is 0.0484. The second kappa shape index (κ2) is 7.27. The van der Waals surface area contributed by atoms with E-state index in [-0.39, 0.29) is 18.4 Å². The molecule has 0 aliphatic carbocycles. The van der Waals surface area contributed by atoms with Crippen LogP contribution in [0.1, 0.15) is 19.4 Å². The van der Waals surface area contributed by atoms with Gasteiger partial charge in [0.05, 0.1) is 12.5 Å². The topological polar surface area (TPSA) is 38.3 Å². The molecule has 2 aromatic rings. The molecule has 116 valence electrons. The molecule has 2 aromatic carbocycles. The number of hydrogen-bond donors (Lipinski definition) is 1. The van der Waals surface area contributed by atoms with Crippen LogP contribution in [0.5, 0.6) is 5.75 Å². The first kappa shape index (κ1) is 16.3. The molecule has 5 heteroatoms. The summed E-state index contributed by atoms with van der Waals surface area (Å²) >= 11 is 5.68. The Bertz CT molecular complexity index is 656. The third kappa shape index (κ3) is 4.74. The highest BCUT2D eigenvalue weighted by Gasteiger charge is 2.09. The smallest absolute Gasteiger partial charge is 0.228 e. The lowest BCUT2D eigenvalue weighted by Gasteiger charge is -2.11. The van der Waals surface area contributed by atoms with E-state index in [4.69, 9.17) is 16.3 Å². The van der Waals surface area contributed by atoms with Crippen molar-refractivity contribution in [1.29, 1.82) is 0 Å². The Morgan fingerprint density at radius 1 is 1.23 bits per heavy atom. The molecule has 22 heavy (non-hydrogen) atoms. The molecule has 0 saturated carbocycles. The van der Waals surface area contributed by atoms with Gasteiger partial charge in [0.2, 0.25) is 5.91 Å². The van der Waals surface area contributed by atoms with Crippen molar-refractivity contribution in [1.82, 2.24) is 0 Å². The van der Waals surface area contributed by atoms with Crippen LogP contribution in [0.25, 0.3) is 0 Å². The van der Waals surface area contributed by atoms with Crippen LogP contribution in [0.2, 0.25) is 5.02 Å². The van der Waals surface area contributed by atoms with E-state index in [1.807, 2.05) is 13.8 Å². The lowest BCUT2D eigenvalue weighted by molar-refractivity contribution is -0.115. The van der Waals surface area contributed by atoms with Crippen LogP contribution >= 0.6 is 11.6 Å². The summed E-state index contributed by atoms with van der Waals surface area (Å²) in [6.07, 6.45) is 0.0427. The molecule has 3 nitrogen and oxygen atoms in total. The Balaban J connectivity index is 1.97. The second-order valence-corrected chi connectivity index (χ2v) is 5.59. The molecule has 1 N–H and O–H groups in total. The fraction of sp³-hybridized carbons (Fsp3) is 0.235. The van der Waals surface area contributed by atoms with Crippen LogP contribution < -0.4 is 10.1 Å². The van der Waals surface area contributed by atoms with Crippen molar-refractivity contribution < 1.29 is 13.9 Å². The summed E-state index contributed by atoms with van der Waals surface area (Å²) in [5.41, 5.74) is 0.942. The van der Waals surface area contributed by atoms with Gasteiger partial charge in [0.15, 0.2) is 0 Å². The summed E-state index contributed by atoms with van der Waals surface area (Å²) < 4.78 is 19.2. The Hall–Kier alpha value is -2.07. The van der Waals surface area contributed by atoms with Crippen molar-refractivity contribution in [2.45, 2.75) is 26.4 Å². The minimum Gasteiger partial charge on any atom is -0.491 e. The lowest BCUT2D eigenvalue weighted by Crippen LogP contribution is -2.15. The Kier molecular flexibility index (Phi) is 5.39. The molecule has 0 fully saturated rings. The molecule has 0 atom stereocenters. The summed E-state index contributed by atoms with van der Waals surface area (Å²) in [6.45, 7) is 3.88. The summed E-state index contributed by atoms with van der Waals surface area (Å²) in [7, 11) is 0. The number of anilines is 1. The average Bonchev–Trinajstić information content (AvgIpc) is 2.43. The Morgan fingerprint density at radius 3 is 2.50 bits per heavy atom. The van der Waals surface area contributed by atoms with E-state index in [1.165, 1.54) is 12.1 Å². The van der Waals surface area contributed by atoms with Gasteiger partial charge < -0.3 is 10.1 Å². The van der Waals surface area contributed by atoms with E-state index in [2.05, 4.69) is 5.32 Å². The third-order valence-corrected chi connectivity index (χ3v) is 3.11. The van der Waals surface area contributed by atoms with Crippen LogP contribution in [-0.4, -0.2) is 12.0 Å². The minimum atomic E-state index is -0.483. The first-order valence-corrected chi connectivity index (χ1v) is 7.32. The maximum Gasteiger partial charge on any atom is 0.228 e. The van der Waals surface area contributed by atoms with Gasteiger partial charge in [-0.2, -0.15) is 0 Å². The number of benzene rings is 2. The maximum absolute atomic E-state index is 13.6. The summed E-state index contributed by atoms with van der Waals surface area (Å²) in [6, 6.07) is 11.3. The van der Waals surface area contributed by atoms with Gasteiger partial charge in [-0.05, 0) is 55.8 Å². The van der Waals surface area contributed by atoms with Gasteiger partial charge in [0.1, 0.15) is 11.6 Å². The standard InChI is InChI=1S/C17H17ClFNO2/c1-11(2)22-15-7-5-14(6-8-15)20-17(21)9-12-3-4-13(18)10-16(12)19/h3-8,10-11H,9H2,1-2H3,(H,20,21). The van der Waals surface area contributed by atoms with Crippen LogP contribution in [0.4, 0.5) is 10.1 Å². The molecule has 0 spiro atoms. The zero-order valence-corrected chi connectivity index (χ0v) is 13.2. The fourth-order valence-electron chi connectivity index (χ4n) is 1.93. The fourth-order valence-corrected chi connectivity index (χ4v) is 2.09. The van der Waals surface area contributed by atoms with Crippen molar-refractivity contribution in [3.8, 4) is 5.75 Å². The average molecular weight is 322 g/mol. The van der Waals surface area contributed by atoms with Crippen LogP contribution in [0, 0.1) is 5.82 Å². The van der Waals surface area contributed by atoms with Crippen LogP contribution in [-0.2, 0) is 11.2 Å². The predicted octanol–water partition coefficient (Wildman–Crippen LogP) is 4.45. The summed E-state index contributed by atoms with van der Waals surface area (Å²) in [5.74, 6) is -0.0428. The van der Waals surface area contributed by atoms with E-state index in [0.29, 0.717) is 16.3 Å². The zero-order chi connectivity index (χ0) is 16.1. The highest BCUT2D eigenvalue weighted by atomic mass is 35.5. The number of hydrogen-bond acceptors (Lipinski definition) is 2. The molecule has 0 saturated heterocycles. The number of nitrogens with one attached hydrogen (secondary N) is 1. The number of ether oxygens (including phenoxy) is 1. The van der Waals surface area contributed by atoms with Crippen molar-refractivity contribution in [3.05, 3.63) is 58.9 Å². The lowest BCUT2D eigenvalue weighted by atomic mass is 10.1. The maximum atomic E-state index is 13.6. The van der Waals surface area contributed by atoms with Crippen molar-refractivity contribution in [2.75, 3.05) is 5.32 Å². The van der Waals surface area contributed by atoms with E-state index < -0.39 is 5.82 Å². The molecule has 1 amide bonds. The van der Waals surface area contributed by atoms with Crippen LogP contribution in [0.15, 0.2) is 42.5 Å². The summed E-state index contributed by atoms with van der Waals surface area (Å²) in [5, 5.41) is 3.03. The molecule has 0 unspecified atom stereocenters. The van der Waals surface area contributed by atoms with Crippen molar-refractivity contribution in [3.63, 3.8) is 0 Å². The van der Waals surface area contributed by atoms with Crippen LogP contribution in [0.3, 0.4) is 0 Å². The third-order valence-electron chi connectivity index (χ3n) is 2.88. The Morgan fingerprint density at radius 2 is 1.91 bits per heavy atom. The first-order valence-electron chi connectivity index (χ1n) is 6.94. The molecule has 0 heterocycles. The van der Waals surface area contributed by atoms with Crippen molar-refractivity contribution in [2.24, 2.45) is 0 Å². The monoisotopic (exact) mass is 321 g/mol. The number of amides is 1. The molecular weight excluding hydrogens is 305 g/mol. The van der Waals surface area contributed by atoms with Gasteiger partial charge in [0.25, 0.3) is 0 Å². The Labute approximate surface area is 134 Å². The quantitative estimate of drug-likeness (QED) is 0.883. The van der Waals surface area contributed by atoms with E-state index in [1.54, 1.807) is 30.3 Å². The SMILES string of the molecule is CC(C)Oc1ccc(NC(=O)Cc2ccc(Cl)cc2F)cc1. The number of rotatable bonds is 5. The normalized spacial score (nSPS) is 10.6. The highest BCUT2D eigenvalue weighted by molar-refractivity contribution is 6.30. The van der Waals surface area contributed by atoms with E-state index in [9.17, 15) is 9.18 Å². The number of carbonyl (C=O) groups excluding carboxylic acids is 1. The largest absolute Gasteiger partial charge is 0.491 e. The van der Waals surface area contributed by atoms with Crippen molar-refractivity contribution >= 4 is 23.2 Å². The second-order valence-electron chi connectivity index (χ2n) is 5.15. The number of halogens is 2. The molecule has 0 bridgehead atoms. The molecule has 0 aliphatic rings. The van der Waals surface area contributed by atoms with Gasteiger partial charge in [-0.1, -0.05) is 17.7 Å². The van der Waals surface area contributed by atoms with Gasteiger partial charge >= 0.3 is 0 Å². The molecule has 0 aliphatic heterocycles. The molecular formula is C17H17ClFNO2. The molecule has 2 rings (SSSR count). The number of carbonyl (C=O) groups is 1. The van der Waals surface area contributed by atoms with Gasteiger partial charge in [-0.3, -0.25) is 4.79 Å². The molecule has 0 radical (unpaired) electrons. The molecule has 0 aromatic heterocycles. The first-order chi connectivity index (χ1) is 10.4. The van der Waals surface area contributed by atoms with Gasteiger partial charge in [-0.15, -0.1) is 0 Å². The van der Waals surface area contributed by atoms with E-state index in [0.717, 1.165) is 5.75 Å². The van der Waals surface area contributed by atoms with Gasteiger partial charge in [-0.25, -0.2) is 4.39 Å². The highest BCUT2D eigenvalue weighted by Crippen LogP contribution is 2.18. The van der Waals surface area contributed by atoms with E-state index >= 15 is 0 Å². The summed E-state index contributed by atoms with van der Waals surface area (Å²) in [4.78, 5) is 11.9. The van der Waals surface area contributed by atoms with Gasteiger partial charge in [0, 0.05) is 10.7 Å². The predicted molar refractivity (Wildman–Crippen MR) is 85.9 cm³/mol.